The number of pyridine rings is 1. The van der Waals surface area contributed by atoms with E-state index in [0.29, 0.717) is 11.2 Å². The fraction of sp³-hybridized carbons (Fsp3) is 0.211. The van der Waals surface area contributed by atoms with Crippen molar-refractivity contribution in [3.8, 4) is 0 Å². The van der Waals surface area contributed by atoms with Crippen LogP contribution in [0.3, 0.4) is 0 Å². The zero-order valence-corrected chi connectivity index (χ0v) is 14.2. The number of aromatic nitrogens is 2. The number of hydrogen-bond acceptors (Lipinski definition) is 3. The van der Waals surface area contributed by atoms with E-state index in [1.54, 1.807) is 32.6 Å². The summed E-state index contributed by atoms with van der Waals surface area (Å²) >= 11 is 0. The molecule has 1 unspecified atom stereocenters. The Bertz CT molecular complexity index is 887. The number of hydrogen-bond donors (Lipinski definition) is 2. The molecule has 6 heteroatoms. The van der Waals surface area contributed by atoms with Gasteiger partial charge in [-0.25, -0.2) is 4.98 Å². The number of fused-ring (bicyclic) bond motifs is 1. The van der Waals surface area contributed by atoms with E-state index in [1.807, 2.05) is 36.4 Å². The van der Waals surface area contributed by atoms with Crippen molar-refractivity contribution in [1.29, 1.82) is 0 Å². The summed E-state index contributed by atoms with van der Waals surface area (Å²) < 4.78 is 0. The number of rotatable bonds is 5. The van der Waals surface area contributed by atoms with E-state index >= 15 is 0 Å². The summed E-state index contributed by atoms with van der Waals surface area (Å²) in [5, 5.41) is 3.73. The molecule has 128 valence electrons. The summed E-state index contributed by atoms with van der Waals surface area (Å²) in [6, 6.07) is 12.7. The Morgan fingerprint density at radius 1 is 1.16 bits per heavy atom. The smallest absolute Gasteiger partial charge is 0.254 e. The van der Waals surface area contributed by atoms with Gasteiger partial charge in [0.1, 0.15) is 5.65 Å². The zero-order valence-electron chi connectivity index (χ0n) is 14.2. The van der Waals surface area contributed by atoms with E-state index in [2.05, 4.69) is 15.3 Å². The summed E-state index contributed by atoms with van der Waals surface area (Å²) in [5.74, 6) is -0.283. The third kappa shape index (κ3) is 3.68. The SMILES string of the molecule is CN(C)C(=O)CC(NC(=O)c1c[nH]c2ncccc12)c1ccccc1. The highest BCUT2D eigenvalue weighted by Gasteiger charge is 2.21. The maximum Gasteiger partial charge on any atom is 0.254 e. The second kappa shape index (κ2) is 7.17. The van der Waals surface area contributed by atoms with Gasteiger partial charge < -0.3 is 15.2 Å². The van der Waals surface area contributed by atoms with Crippen LogP contribution in [0.5, 0.6) is 0 Å². The van der Waals surface area contributed by atoms with Crippen LogP contribution < -0.4 is 5.32 Å². The Labute approximate surface area is 145 Å². The van der Waals surface area contributed by atoms with Crippen LogP contribution in [-0.2, 0) is 4.79 Å². The number of carbonyl (C=O) groups excluding carboxylic acids is 2. The lowest BCUT2D eigenvalue weighted by Gasteiger charge is -2.20. The Morgan fingerprint density at radius 3 is 2.64 bits per heavy atom. The minimum Gasteiger partial charge on any atom is -0.349 e. The molecule has 2 heterocycles. The zero-order chi connectivity index (χ0) is 17.8. The molecule has 0 bridgehead atoms. The van der Waals surface area contributed by atoms with Crippen LogP contribution in [0.4, 0.5) is 0 Å². The highest BCUT2D eigenvalue weighted by molar-refractivity contribution is 6.06. The van der Waals surface area contributed by atoms with Crippen LogP contribution in [-0.4, -0.2) is 40.8 Å². The van der Waals surface area contributed by atoms with E-state index < -0.39 is 6.04 Å². The van der Waals surface area contributed by atoms with Crippen molar-refractivity contribution in [1.82, 2.24) is 20.2 Å². The average molecular weight is 336 g/mol. The van der Waals surface area contributed by atoms with Gasteiger partial charge >= 0.3 is 0 Å². The first-order chi connectivity index (χ1) is 12.1. The van der Waals surface area contributed by atoms with Crippen LogP contribution in [0.25, 0.3) is 11.0 Å². The number of aromatic amines is 1. The molecule has 0 fully saturated rings. The summed E-state index contributed by atoms with van der Waals surface area (Å²) in [6.07, 6.45) is 3.51. The van der Waals surface area contributed by atoms with E-state index in [1.165, 1.54) is 4.90 Å². The largest absolute Gasteiger partial charge is 0.349 e. The maximum atomic E-state index is 12.8. The molecule has 0 aliphatic heterocycles. The van der Waals surface area contributed by atoms with Gasteiger partial charge in [-0.1, -0.05) is 30.3 Å². The van der Waals surface area contributed by atoms with Crippen LogP contribution in [0, 0.1) is 0 Å². The number of amides is 2. The molecule has 0 aliphatic rings. The molecule has 2 N–H and O–H groups in total. The van der Waals surface area contributed by atoms with Gasteiger partial charge in [0.05, 0.1) is 18.0 Å². The second-order valence-electron chi connectivity index (χ2n) is 6.03. The average Bonchev–Trinajstić information content (AvgIpc) is 3.06. The van der Waals surface area contributed by atoms with Gasteiger partial charge in [-0.15, -0.1) is 0 Å². The molecule has 25 heavy (non-hydrogen) atoms. The number of benzene rings is 1. The van der Waals surface area contributed by atoms with E-state index in [-0.39, 0.29) is 18.2 Å². The summed E-state index contributed by atoms with van der Waals surface area (Å²) in [7, 11) is 3.41. The maximum absolute atomic E-state index is 12.8. The van der Waals surface area contributed by atoms with E-state index in [0.717, 1.165) is 10.9 Å². The van der Waals surface area contributed by atoms with Crippen molar-refractivity contribution >= 4 is 22.8 Å². The molecule has 6 nitrogen and oxygen atoms in total. The molecular formula is C19H20N4O2. The minimum atomic E-state index is -0.398. The molecule has 1 aromatic carbocycles. The lowest BCUT2D eigenvalue weighted by atomic mass is 10.0. The molecule has 3 aromatic rings. The fourth-order valence-electron chi connectivity index (χ4n) is 2.67. The summed E-state index contributed by atoms with van der Waals surface area (Å²) in [6.45, 7) is 0. The highest BCUT2D eigenvalue weighted by atomic mass is 16.2. The fourth-order valence-corrected chi connectivity index (χ4v) is 2.67. The molecule has 0 aliphatic carbocycles. The molecule has 0 radical (unpaired) electrons. The summed E-state index contributed by atoms with van der Waals surface area (Å²) in [5.41, 5.74) is 2.07. The van der Waals surface area contributed by atoms with Crippen LogP contribution in [0.2, 0.25) is 0 Å². The second-order valence-corrected chi connectivity index (χ2v) is 6.03. The molecule has 0 saturated heterocycles. The van der Waals surface area contributed by atoms with Crippen LogP contribution in [0.1, 0.15) is 28.4 Å². The van der Waals surface area contributed by atoms with E-state index in [4.69, 9.17) is 0 Å². The normalized spacial score (nSPS) is 11.9. The number of H-pyrrole nitrogens is 1. The number of nitrogens with zero attached hydrogens (tertiary/aromatic N) is 2. The van der Waals surface area contributed by atoms with Gasteiger partial charge in [-0.3, -0.25) is 9.59 Å². The molecule has 2 aromatic heterocycles. The first-order valence-electron chi connectivity index (χ1n) is 8.04. The van der Waals surface area contributed by atoms with Crippen LogP contribution >= 0.6 is 0 Å². The van der Waals surface area contributed by atoms with Gasteiger partial charge in [-0.2, -0.15) is 0 Å². The topological polar surface area (TPSA) is 78.1 Å². The van der Waals surface area contributed by atoms with Gasteiger partial charge in [0.15, 0.2) is 0 Å². The van der Waals surface area contributed by atoms with Crippen molar-refractivity contribution < 1.29 is 9.59 Å². The first kappa shape index (κ1) is 16.7. The summed E-state index contributed by atoms with van der Waals surface area (Å²) in [4.78, 5) is 33.7. The van der Waals surface area contributed by atoms with E-state index in [9.17, 15) is 9.59 Å². The van der Waals surface area contributed by atoms with Gasteiger partial charge in [0, 0.05) is 31.9 Å². The lowest BCUT2D eigenvalue weighted by molar-refractivity contribution is -0.129. The molecular weight excluding hydrogens is 316 g/mol. The van der Waals surface area contributed by atoms with Crippen molar-refractivity contribution in [2.24, 2.45) is 0 Å². The molecule has 3 rings (SSSR count). The number of carbonyl (C=O) groups is 2. The Kier molecular flexibility index (Phi) is 4.79. The standard InChI is InChI=1S/C19H20N4O2/c1-23(2)17(24)11-16(13-7-4-3-5-8-13)22-19(25)15-12-21-18-14(15)9-6-10-20-18/h3-10,12,16H,11H2,1-2H3,(H,20,21)(H,22,25). The Balaban J connectivity index is 1.86. The lowest BCUT2D eigenvalue weighted by Crippen LogP contribution is -2.33. The van der Waals surface area contributed by atoms with Crippen molar-refractivity contribution in [2.75, 3.05) is 14.1 Å². The quantitative estimate of drug-likeness (QED) is 0.751. The Morgan fingerprint density at radius 2 is 1.92 bits per heavy atom. The molecule has 2 amide bonds. The minimum absolute atomic E-state index is 0.0465. The highest BCUT2D eigenvalue weighted by Crippen LogP contribution is 2.21. The molecule has 0 spiro atoms. The van der Waals surface area contributed by atoms with Crippen molar-refractivity contribution in [3.63, 3.8) is 0 Å². The molecule has 0 saturated carbocycles. The van der Waals surface area contributed by atoms with Gasteiger partial charge in [0.25, 0.3) is 5.91 Å². The first-order valence-corrected chi connectivity index (χ1v) is 8.04. The monoisotopic (exact) mass is 336 g/mol. The van der Waals surface area contributed by atoms with Crippen LogP contribution in [0.15, 0.2) is 54.9 Å². The van der Waals surface area contributed by atoms with Crippen molar-refractivity contribution in [2.45, 2.75) is 12.5 Å². The van der Waals surface area contributed by atoms with Crippen molar-refractivity contribution in [3.05, 3.63) is 66.0 Å². The van der Waals surface area contributed by atoms with Gasteiger partial charge in [-0.05, 0) is 17.7 Å². The number of nitrogens with one attached hydrogen (secondary N) is 2. The predicted molar refractivity (Wildman–Crippen MR) is 96.1 cm³/mol. The Hall–Kier alpha value is -3.15. The third-order valence-corrected chi connectivity index (χ3v) is 4.08. The third-order valence-electron chi connectivity index (χ3n) is 4.08. The molecule has 1 atom stereocenters. The van der Waals surface area contributed by atoms with Gasteiger partial charge in [0.2, 0.25) is 5.91 Å². The predicted octanol–water partition coefficient (Wildman–Crippen LogP) is 2.51.